The fourth-order valence-corrected chi connectivity index (χ4v) is 7.32. The number of carboxylic acid groups (broad SMARTS) is 2. The van der Waals surface area contributed by atoms with Gasteiger partial charge in [0, 0.05) is 64.7 Å². The van der Waals surface area contributed by atoms with Gasteiger partial charge in [0.15, 0.2) is 0 Å². The number of aromatic nitrogens is 4. The number of allylic oxidation sites excluding steroid dienone is 3. The summed E-state index contributed by atoms with van der Waals surface area (Å²) in [7, 11) is 0. The minimum absolute atomic E-state index is 0.0564. The van der Waals surface area contributed by atoms with Gasteiger partial charge in [-0.3, -0.25) is 14.6 Å². The molecule has 5 heterocycles. The molecule has 0 unspecified atom stereocenters. The molecule has 1 amide bonds. The van der Waals surface area contributed by atoms with E-state index in [1.54, 1.807) is 13.0 Å². The fourth-order valence-electron chi connectivity index (χ4n) is 7.32. The van der Waals surface area contributed by atoms with E-state index < -0.39 is 11.9 Å². The molecule has 0 aromatic carbocycles. The number of unbranched alkanes of at least 4 members (excludes halogenated alkanes) is 1. The first-order chi connectivity index (χ1) is 24.4. The number of rotatable bonds is 14. The lowest BCUT2D eigenvalue weighted by Gasteiger charge is -2.17. The molecule has 51 heavy (non-hydrogen) atoms. The van der Waals surface area contributed by atoms with Crippen molar-refractivity contribution in [2.75, 3.05) is 19.6 Å². The van der Waals surface area contributed by atoms with E-state index in [1.165, 1.54) is 0 Å². The molecule has 8 bridgehead atoms. The maximum Gasteiger partial charge on any atom is 0.338 e. The lowest BCUT2D eigenvalue weighted by atomic mass is 9.85. The Morgan fingerprint density at radius 3 is 2.33 bits per heavy atom. The van der Waals surface area contributed by atoms with E-state index in [1.807, 2.05) is 32.0 Å². The molecule has 0 aliphatic carbocycles. The monoisotopic (exact) mass is 694 g/mol. The number of carboxylic acids is 2. The van der Waals surface area contributed by atoms with Gasteiger partial charge < -0.3 is 30.8 Å². The molecule has 2 atom stereocenters. The summed E-state index contributed by atoms with van der Waals surface area (Å²) in [6.45, 7) is 17.9. The van der Waals surface area contributed by atoms with Crippen LogP contribution in [-0.2, 0) is 22.4 Å². The summed E-state index contributed by atoms with van der Waals surface area (Å²) < 4.78 is 0. The van der Waals surface area contributed by atoms with Crippen molar-refractivity contribution in [3.05, 3.63) is 81.4 Å². The molecular formula is C40H50N6O5. The van der Waals surface area contributed by atoms with E-state index in [4.69, 9.17) is 9.97 Å². The van der Waals surface area contributed by atoms with Crippen molar-refractivity contribution >= 4 is 51.1 Å². The summed E-state index contributed by atoms with van der Waals surface area (Å²) in [5, 5.41) is 26.7. The summed E-state index contributed by atoms with van der Waals surface area (Å²) in [6.07, 6.45) is 4.66. The highest BCUT2D eigenvalue weighted by atomic mass is 16.4. The van der Waals surface area contributed by atoms with E-state index in [2.05, 4.69) is 48.0 Å². The van der Waals surface area contributed by atoms with Crippen LogP contribution in [0.15, 0.2) is 30.9 Å². The third-order valence-corrected chi connectivity index (χ3v) is 10.3. The van der Waals surface area contributed by atoms with Crippen LogP contribution in [0, 0.1) is 13.8 Å². The minimum Gasteiger partial charge on any atom is -0.481 e. The first-order valence-corrected chi connectivity index (χ1v) is 17.9. The Morgan fingerprint density at radius 2 is 1.67 bits per heavy atom. The van der Waals surface area contributed by atoms with Crippen LogP contribution in [0.25, 0.3) is 33.2 Å². The van der Waals surface area contributed by atoms with Crippen LogP contribution in [0.1, 0.15) is 121 Å². The molecule has 2 aliphatic rings. The number of aromatic carboxylic acids is 1. The van der Waals surface area contributed by atoms with E-state index in [9.17, 15) is 24.6 Å². The molecule has 270 valence electrons. The lowest BCUT2D eigenvalue weighted by Crippen LogP contribution is -2.33. The molecule has 11 nitrogen and oxygen atoms in total. The molecule has 0 radical (unpaired) electrons. The Hall–Kier alpha value is -5.03. The van der Waals surface area contributed by atoms with Gasteiger partial charge in [-0.25, -0.2) is 9.78 Å². The zero-order valence-electron chi connectivity index (χ0n) is 30.5. The Balaban J connectivity index is 1.87. The number of nitrogens with zero attached hydrogens (tertiary/aromatic N) is 2. The maximum absolute atomic E-state index is 13.7. The average Bonchev–Trinajstić information content (AvgIpc) is 3.77. The van der Waals surface area contributed by atoms with Gasteiger partial charge in [-0.1, -0.05) is 39.8 Å². The number of nitrogens with one attached hydrogen (secondary N) is 4. The standard InChI is InChI=1S/C40H50N6O5/c1-8-11-14-41-15-16-42-35(47)17-28-38-27(12-13-36(48)49)23(6)31(45-38)18-29-21(4)25(9-2)33(43-29)19-30-22(5)26(10-3)34(44-30)20-32-24(7)37(40(50)51)39(28)46-32/h9,18-20,23,27,41,44,46H,2,8,10-17H2,1,3-7H3,(H,42,47)(H,48,49)(H,50,51)/t23-,27-/m0/s1. The Bertz CT molecular complexity index is 2070. The van der Waals surface area contributed by atoms with Crippen LogP contribution in [-0.4, -0.2) is 67.6 Å². The molecule has 0 saturated heterocycles. The van der Waals surface area contributed by atoms with Gasteiger partial charge in [-0.05, 0) is 87.0 Å². The van der Waals surface area contributed by atoms with E-state index in [-0.39, 0.29) is 42.6 Å². The van der Waals surface area contributed by atoms with E-state index >= 15 is 0 Å². The molecule has 3 aromatic heterocycles. The van der Waals surface area contributed by atoms with Crippen LogP contribution in [0.4, 0.5) is 0 Å². The van der Waals surface area contributed by atoms with Crippen LogP contribution < -0.4 is 10.6 Å². The van der Waals surface area contributed by atoms with Gasteiger partial charge in [-0.15, -0.1) is 0 Å². The highest BCUT2D eigenvalue weighted by Gasteiger charge is 2.34. The van der Waals surface area contributed by atoms with Crippen molar-refractivity contribution in [3.63, 3.8) is 0 Å². The second-order valence-corrected chi connectivity index (χ2v) is 13.5. The number of aryl methyl sites for hydroxylation is 3. The molecule has 0 fully saturated rings. The van der Waals surface area contributed by atoms with Gasteiger partial charge >= 0.3 is 11.9 Å². The summed E-state index contributed by atoms with van der Waals surface area (Å²) in [5.41, 5.74) is 10.3. The molecule has 6 N–H and O–H groups in total. The summed E-state index contributed by atoms with van der Waals surface area (Å²) in [4.78, 5) is 55.7. The first kappa shape index (κ1) is 37.2. The maximum atomic E-state index is 13.7. The van der Waals surface area contributed by atoms with Gasteiger partial charge in [0.1, 0.15) is 0 Å². The smallest absolute Gasteiger partial charge is 0.338 e. The SMILES string of the molecule is C=CC1=C(C)c2cc3nc(c(CC(=O)NCCNCCCC)c4[nH]c(cc5[nH]c(cc1n2)c(C)c5CC)c(C)c4C(=O)O)[C@@H](CCC(=O)O)[C@@H]3C. The highest BCUT2D eigenvalue weighted by molar-refractivity contribution is 6.03. The van der Waals surface area contributed by atoms with Crippen molar-refractivity contribution < 1.29 is 24.6 Å². The number of hydrogen-bond acceptors (Lipinski definition) is 6. The molecule has 3 aromatic rings. The quantitative estimate of drug-likeness (QED) is 0.0969. The van der Waals surface area contributed by atoms with Crippen LogP contribution in [0.3, 0.4) is 0 Å². The zero-order chi connectivity index (χ0) is 37.0. The van der Waals surface area contributed by atoms with Gasteiger partial charge in [0.05, 0.1) is 34.6 Å². The molecule has 0 saturated carbocycles. The van der Waals surface area contributed by atoms with Gasteiger partial charge in [0.2, 0.25) is 5.91 Å². The van der Waals surface area contributed by atoms with E-state index in [0.717, 1.165) is 70.5 Å². The topological polar surface area (TPSA) is 173 Å². The zero-order valence-corrected chi connectivity index (χ0v) is 30.5. The molecule has 2 aliphatic heterocycles. The second kappa shape index (κ2) is 15.9. The largest absolute Gasteiger partial charge is 0.481 e. The number of amides is 1. The fraction of sp³-hybridized carbons (Fsp3) is 0.425. The van der Waals surface area contributed by atoms with Crippen molar-refractivity contribution in [2.45, 2.75) is 91.9 Å². The first-order valence-electron chi connectivity index (χ1n) is 17.9. The molecule has 11 heteroatoms. The molecule has 5 rings (SSSR count). The number of H-pyrrole nitrogens is 2. The van der Waals surface area contributed by atoms with Crippen molar-refractivity contribution in [1.82, 2.24) is 30.6 Å². The van der Waals surface area contributed by atoms with E-state index in [0.29, 0.717) is 46.6 Å². The summed E-state index contributed by atoms with van der Waals surface area (Å²) >= 11 is 0. The Kier molecular flexibility index (Phi) is 11.6. The Labute approximate surface area is 298 Å². The van der Waals surface area contributed by atoms with Crippen molar-refractivity contribution in [2.24, 2.45) is 0 Å². The minimum atomic E-state index is -1.13. The number of fused-ring (bicyclic) bond motifs is 8. The highest BCUT2D eigenvalue weighted by Crippen LogP contribution is 2.43. The summed E-state index contributed by atoms with van der Waals surface area (Å²) in [5.74, 6) is -2.98. The predicted octanol–water partition coefficient (Wildman–Crippen LogP) is 7.11. The van der Waals surface area contributed by atoms with Crippen molar-refractivity contribution in [3.8, 4) is 0 Å². The van der Waals surface area contributed by atoms with Gasteiger partial charge in [0.25, 0.3) is 0 Å². The Morgan fingerprint density at radius 1 is 0.922 bits per heavy atom. The second-order valence-electron chi connectivity index (χ2n) is 13.5. The average molecular weight is 695 g/mol. The normalized spacial score (nSPS) is 15.6. The predicted molar refractivity (Wildman–Crippen MR) is 202 cm³/mol. The number of aromatic amines is 2. The molecular weight excluding hydrogens is 644 g/mol. The van der Waals surface area contributed by atoms with Crippen LogP contribution in [0.2, 0.25) is 0 Å². The third-order valence-electron chi connectivity index (χ3n) is 10.3. The number of hydrogen-bond donors (Lipinski definition) is 6. The number of carbonyl (C=O) groups is 3. The third kappa shape index (κ3) is 7.68. The molecule has 0 spiro atoms. The van der Waals surface area contributed by atoms with Crippen LogP contribution in [0.5, 0.6) is 0 Å². The number of aliphatic carboxylic acids is 1. The van der Waals surface area contributed by atoms with Crippen LogP contribution >= 0.6 is 0 Å². The van der Waals surface area contributed by atoms with Crippen molar-refractivity contribution in [1.29, 1.82) is 0 Å². The summed E-state index contributed by atoms with van der Waals surface area (Å²) in [6, 6.07) is 5.87. The lowest BCUT2D eigenvalue weighted by molar-refractivity contribution is -0.137. The van der Waals surface area contributed by atoms with Gasteiger partial charge in [-0.2, -0.15) is 0 Å². The number of carbonyl (C=O) groups excluding carboxylic acids is 1.